The predicted molar refractivity (Wildman–Crippen MR) is 36.7 cm³/mol. The van der Waals surface area contributed by atoms with E-state index < -0.39 is 18.2 Å². The van der Waals surface area contributed by atoms with Crippen molar-refractivity contribution in [1.29, 1.82) is 0 Å². The molecule has 4 heteroatoms. The second-order valence-electron chi connectivity index (χ2n) is 2.36. The number of rotatable bonds is 2. The highest BCUT2D eigenvalue weighted by Crippen LogP contribution is 2.10. The molecule has 1 aliphatic rings. The molecule has 0 aromatic carbocycles. The van der Waals surface area contributed by atoms with Gasteiger partial charge in [-0.2, -0.15) is 0 Å². The lowest BCUT2D eigenvalue weighted by Gasteiger charge is -2.21. The number of hydrogen-bond acceptors (Lipinski definition) is 4. The van der Waals surface area contributed by atoms with E-state index in [4.69, 9.17) is 14.9 Å². The Balaban J connectivity index is 2.49. The van der Waals surface area contributed by atoms with Crippen LogP contribution in [0.2, 0.25) is 0 Å². The van der Waals surface area contributed by atoms with E-state index >= 15 is 0 Å². The molecule has 62 valence electrons. The fraction of sp³-hybridized carbons (Fsp3) is 0.571. The van der Waals surface area contributed by atoms with Crippen molar-refractivity contribution in [2.75, 3.05) is 6.61 Å². The Hall–Kier alpha value is -0.870. The average molecular weight is 158 g/mol. The lowest BCUT2D eigenvalue weighted by Crippen LogP contribution is -2.34. The van der Waals surface area contributed by atoms with Crippen molar-refractivity contribution in [1.82, 2.24) is 0 Å². The summed E-state index contributed by atoms with van der Waals surface area (Å²) >= 11 is 0. The van der Waals surface area contributed by atoms with Crippen molar-refractivity contribution in [3.63, 3.8) is 0 Å². The molecule has 2 atom stereocenters. The van der Waals surface area contributed by atoms with Gasteiger partial charge < -0.3 is 14.9 Å². The molecule has 1 heterocycles. The van der Waals surface area contributed by atoms with Crippen LogP contribution in [-0.2, 0) is 9.53 Å². The minimum Gasteiger partial charge on any atom is -0.456 e. The molecule has 0 amide bonds. The molecule has 0 aromatic heterocycles. The van der Waals surface area contributed by atoms with E-state index in [0.717, 1.165) is 0 Å². The summed E-state index contributed by atoms with van der Waals surface area (Å²) in [6.07, 6.45) is 1.84. The minimum atomic E-state index is -0.969. The quantitative estimate of drug-likeness (QED) is 0.517. The lowest BCUT2D eigenvalue weighted by atomic mass is 10.1. The van der Waals surface area contributed by atoms with Gasteiger partial charge in [0.1, 0.15) is 12.2 Å². The van der Waals surface area contributed by atoms with Gasteiger partial charge in [-0.3, -0.25) is 0 Å². The summed E-state index contributed by atoms with van der Waals surface area (Å²) in [4.78, 5) is 10.6. The third-order valence-corrected chi connectivity index (χ3v) is 1.51. The molecule has 11 heavy (non-hydrogen) atoms. The van der Waals surface area contributed by atoms with Gasteiger partial charge >= 0.3 is 5.97 Å². The topological polar surface area (TPSA) is 66.8 Å². The van der Waals surface area contributed by atoms with Gasteiger partial charge in [-0.15, -0.1) is 0 Å². The van der Waals surface area contributed by atoms with Crippen molar-refractivity contribution < 1.29 is 19.7 Å². The van der Waals surface area contributed by atoms with Crippen molar-refractivity contribution >= 4 is 5.97 Å². The Bertz CT molecular complexity index is 175. The first-order chi connectivity index (χ1) is 5.24. The Kier molecular flexibility index (Phi) is 2.62. The molecule has 0 fully saturated rings. The first-order valence-corrected chi connectivity index (χ1v) is 3.40. The summed E-state index contributed by atoms with van der Waals surface area (Å²) in [6.45, 7) is -0.383. The molecule has 0 saturated heterocycles. The third-order valence-electron chi connectivity index (χ3n) is 1.51. The number of aliphatic hydroxyl groups excluding tert-OH is 2. The van der Waals surface area contributed by atoms with Crippen LogP contribution >= 0.6 is 0 Å². The van der Waals surface area contributed by atoms with Gasteiger partial charge in [-0.25, -0.2) is 4.79 Å². The number of ether oxygens (including phenoxy) is 1. The van der Waals surface area contributed by atoms with Crippen LogP contribution in [-0.4, -0.2) is 35.0 Å². The van der Waals surface area contributed by atoms with E-state index in [2.05, 4.69) is 0 Å². The van der Waals surface area contributed by atoms with E-state index in [1.807, 2.05) is 0 Å². The largest absolute Gasteiger partial charge is 0.456 e. The SMILES string of the molecule is O=C1C=CC[C@H]([C@H](O)CO)O1. The normalized spacial score (nSPS) is 26.4. The zero-order valence-electron chi connectivity index (χ0n) is 5.93. The van der Waals surface area contributed by atoms with E-state index in [-0.39, 0.29) is 6.61 Å². The molecule has 0 spiro atoms. The molecule has 0 saturated carbocycles. The van der Waals surface area contributed by atoms with E-state index in [1.165, 1.54) is 6.08 Å². The standard InChI is InChI=1S/C7H10O4/c8-4-5(9)6-2-1-3-7(10)11-6/h1,3,5-6,8-9H,2,4H2/t5-,6-/m1/s1. The Morgan fingerprint density at radius 1 is 1.82 bits per heavy atom. The van der Waals surface area contributed by atoms with Crippen LogP contribution in [0.15, 0.2) is 12.2 Å². The summed E-state index contributed by atoms with van der Waals surface area (Å²) in [7, 11) is 0. The highest BCUT2D eigenvalue weighted by molar-refractivity contribution is 5.82. The Labute approximate surface area is 64.1 Å². The first kappa shape index (κ1) is 8.23. The van der Waals surface area contributed by atoms with Gasteiger partial charge in [0.2, 0.25) is 0 Å². The molecule has 0 radical (unpaired) electrons. The summed E-state index contributed by atoms with van der Waals surface area (Å²) < 4.78 is 4.70. The van der Waals surface area contributed by atoms with Crippen LogP contribution in [0.4, 0.5) is 0 Å². The first-order valence-electron chi connectivity index (χ1n) is 3.40. The fourth-order valence-corrected chi connectivity index (χ4v) is 0.888. The van der Waals surface area contributed by atoms with Crippen LogP contribution in [0.1, 0.15) is 6.42 Å². The molecular formula is C7H10O4. The molecule has 0 aliphatic carbocycles. The second kappa shape index (κ2) is 3.50. The molecule has 0 unspecified atom stereocenters. The van der Waals surface area contributed by atoms with E-state index in [9.17, 15) is 4.79 Å². The van der Waals surface area contributed by atoms with E-state index in [0.29, 0.717) is 6.42 Å². The average Bonchev–Trinajstić information content (AvgIpc) is 2.03. The van der Waals surface area contributed by atoms with Crippen LogP contribution in [0.5, 0.6) is 0 Å². The summed E-state index contributed by atoms with van der Waals surface area (Å²) in [5.74, 6) is -0.464. The second-order valence-corrected chi connectivity index (χ2v) is 2.36. The van der Waals surface area contributed by atoms with Crippen LogP contribution < -0.4 is 0 Å². The molecule has 0 aromatic rings. The minimum absolute atomic E-state index is 0.383. The van der Waals surface area contributed by atoms with Crippen molar-refractivity contribution in [3.05, 3.63) is 12.2 Å². The lowest BCUT2D eigenvalue weighted by molar-refractivity contribution is -0.151. The smallest absolute Gasteiger partial charge is 0.330 e. The van der Waals surface area contributed by atoms with Crippen molar-refractivity contribution in [3.8, 4) is 0 Å². The van der Waals surface area contributed by atoms with Gasteiger partial charge in [0.15, 0.2) is 0 Å². The molecule has 2 N–H and O–H groups in total. The number of cyclic esters (lactones) is 1. The van der Waals surface area contributed by atoms with Gasteiger partial charge in [-0.05, 0) is 0 Å². The molecule has 1 aliphatic heterocycles. The number of hydrogen-bond donors (Lipinski definition) is 2. The molecule has 1 rings (SSSR count). The van der Waals surface area contributed by atoms with Gasteiger partial charge in [0.25, 0.3) is 0 Å². The van der Waals surface area contributed by atoms with Crippen LogP contribution in [0.25, 0.3) is 0 Å². The highest BCUT2D eigenvalue weighted by atomic mass is 16.6. The molecule has 4 nitrogen and oxygen atoms in total. The highest BCUT2D eigenvalue weighted by Gasteiger charge is 2.23. The maximum absolute atomic E-state index is 10.6. The van der Waals surface area contributed by atoms with Gasteiger partial charge in [0, 0.05) is 12.5 Å². The monoisotopic (exact) mass is 158 g/mol. The number of carbonyl (C=O) groups is 1. The zero-order chi connectivity index (χ0) is 8.27. The Morgan fingerprint density at radius 3 is 3.09 bits per heavy atom. The van der Waals surface area contributed by atoms with Crippen molar-refractivity contribution in [2.45, 2.75) is 18.6 Å². The number of esters is 1. The summed E-state index contributed by atoms with van der Waals surface area (Å²) in [5, 5.41) is 17.5. The van der Waals surface area contributed by atoms with Gasteiger partial charge in [0.05, 0.1) is 6.61 Å². The van der Waals surface area contributed by atoms with Crippen LogP contribution in [0, 0.1) is 0 Å². The summed E-state index contributed by atoms with van der Waals surface area (Å²) in [5.41, 5.74) is 0. The maximum atomic E-state index is 10.6. The van der Waals surface area contributed by atoms with Crippen molar-refractivity contribution in [2.24, 2.45) is 0 Å². The number of aliphatic hydroxyl groups is 2. The van der Waals surface area contributed by atoms with Crippen LogP contribution in [0.3, 0.4) is 0 Å². The third kappa shape index (κ3) is 2.03. The molecular weight excluding hydrogens is 148 g/mol. The van der Waals surface area contributed by atoms with Gasteiger partial charge in [-0.1, -0.05) is 6.08 Å². The maximum Gasteiger partial charge on any atom is 0.330 e. The molecule has 0 bridgehead atoms. The zero-order valence-corrected chi connectivity index (χ0v) is 5.93. The number of carbonyl (C=O) groups excluding carboxylic acids is 1. The predicted octanol–water partition coefficient (Wildman–Crippen LogP) is -0.789. The Morgan fingerprint density at radius 2 is 2.55 bits per heavy atom. The van der Waals surface area contributed by atoms with E-state index in [1.54, 1.807) is 6.08 Å². The summed E-state index contributed by atoms with van der Waals surface area (Å²) in [6, 6.07) is 0. The fourth-order valence-electron chi connectivity index (χ4n) is 0.888.